The Morgan fingerprint density at radius 1 is 1.05 bits per heavy atom. The fourth-order valence-corrected chi connectivity index (χ4v) is 5.45. The summed E-state index contributed by atoms with van der Waals surface area (Å²) in [7, 11) is 0. The van der Waals surface area contributed by atoms with Gasteiger partial charge in [0.05, 0.1) is 19.3 Å². The van der Waals surface area contributed by atoms with Crippen LogP contribution in [-0.2, 0) is 6.42 Å². The summed E-state index contributed by atoms with van der Waals surface area (Å²) in [5, 5.41) is 0.472. The van der Waals surface area contributed by atoms with Gasteiger partial charge >= 0.3 is 6.18 Å². The number of aromatic amines is 1. The maximum Gasteiger partial charge on any atom is 0.401 e. The summed E-state index contributed by atoms with van der Waals surface area (Å²) in [6.07, 6.45) is -4.47. The van der Waals surface area contributed by atoms with Gasteiger partial charge in [0.15, 0.2) is 0 Å². The molecule has 1 aromatic heterocycles. The third-order valence-corrected chi connectivity index (χ3v) is 7.19. The Bertz CT molecular complexity index is 1260. The molecule has 200 valence electrons. The third-order valence-electron chi connectivity index (χ3n) is 7.19. The number of benzene rings is 2. The van der Waals surface area contributed by atoms with E-state index in [1.54, 1.807) is 6.92 Å². The molecular formula is C26H26F7N3O. The number of ether oxygens (including phenoxy) is 1. The zero-order chi connectivity index (χ0) is 26.5. The number of likely N-dealkylation sites (tertiary alicyclic amines) is 1. The highest BCUT2D eigenvalue weighted by Gasteiger charge is 2.44. The average Bonchev–Trinajstić information content (AvgIpc) is 3.13. The quantitative estimate of drug-likeness (QED) is 0.395. The Morgan fingerprint density at radius 3 is 2.41 bits per heavy atom. The van der Waals surface area contributed by atoms with Gasteiger partial charge in [-0.25, -0.2) is 13.2 Å². The number of aromatic nitrogens is 1. The van der Waals surface area contributed by atoms with Gasteiger partial charge in [0, 0.05) is 65.9 Å². The SMILES string of the molecule is C[C@@H]1Cc2c([nH]c3ccc(F)cc23)[C@@H](c2c(F)cc(OCCN3CC(CF)C3)cc2F)N1CC(F)(F)F. The summed E-state index contributed by atoms with van der Waals surface area (Å²) in [4.78, 5) is 5.96. The number of alkyl halides is 4. The lowest BCUT2D eigenvalue weighted by atomic mass is 9.88. The maximum absolute atomic E-state index is 15.4. The summed E-state index contributed by atoms with van der Waals surface area (Å²) in [6.45, 7) is 1.53. The Kier molecular flexibility index (Phi) is 6.86. The zero-order valence-corrected chi connectivity index (χ0v) is 20.0. The van der Waals surface area contributed by atoms with Gasteiger partial charge in [-0.3, -0.25) is 14.2 Å². The van der Waals surface area contributed by atoms with Gasteiger partial charge in [-0.15, -0.1) is 0 Å². The molecule has 0 saturated carbocycles. The molecule has 2 aliphatic heterocycles. The van der Waals surface area contributed by atoms with E-state index in [1.165, 1.54) is 18.2 Å². The molecule has 4 nitrogen and oxygen atoms in total. The minimum atomic E-state index is -4.61. The van der Waals surface area contributed by atoms with Crippen LogP contribution >= 0.6 is 0 Å². The molecule has 11 heteroatoms. The van der Waals surface area contributed by atoms with Gasteiger partial charge in [0.1, 0.15) is 29.8 Å². The van der Waals surface area contributed by atoms with Crippen LogP contribution in [0.2, 0.25) is 0 Å². The highest BCUT2D eigenvalue weighted by Crippen LogP contribution is 2.44. The van der Waals surface area contributed by atoms with Crippen LogP contribution in [0.4, 0.5) is 30.7 Å². The van der Waals surface area contributed by atoms with Gasteiger partial charge in [0.2, 0.25) is 0 Å². The van der Waals surface area contributed by atoms with Gasteiger partial charge in [-0.1, -0.05) is 0 Å². The molecule has 37 heavy (non-hydrogen) atoms. The largest absolute Gasteiger partial charge is 0.492 e. The van der Waals surface area contributed by atoms with Crippen LogP contribution in [0, 0.1) is 23.4 Å². The second-order valence-corrected chi connectivity index (χ2v) is 9.88. The van der Waals surface area contributed by atoms with Crippen molar-refractivity contribution in [1.29, 1.82) is 0 Å². The highest BCUT2D eigenvalue weighted by molar-refractivity contribution is 5.85. The standard InChI is InChI=1S/C26H26F7N3O/c1-14-6-19-18-7-16(28)2-3-22(18)34-24(19)25(36(14)13-26(31,32)33)23-20(29)8-17(9-21(23)30)37-5-4-35-11-15(10-27)12-35/h2-3,7-9,14-15,25,34H,4-6,10-13H2,1H3/t14-,25-/m1/s1. The lowest BCUT2D eigenvalue weighted by Gasteiger charge is -2.41. The molecule has 0 spiro atoms. The predicted molar refractivity (Wildman–Crippen MR) is 124 cm³/mol. The number of nitrogens with zero attached hydrogens (tertiary/aromatic N) is 2. The first-order valence-corrected chi connectivity index (χ1v) is 12.1. The lowest BCUT2D eigenvalue weighted by Crippen LogP contribution is -2.49. The van der Waals surface area contributed by atoms with Crippen molar-refractivity contribution in [2.75, 3.05) is 39.5 Å². The summed E-state index contributed by atoms with van der Waals surface area (Å²) in [6, 6.07) is 3.71. The van der Waals surface area contributed by atoms with E-state index in [2.05, 4.69) is 4.98 Å². The molecule has 2 aromatic carbocycles. The van der Waals surface area contributed by atoms with Crippen molar-refractivity contribution in [3.63, 3.8) is 0 Å². The van der Waals surface area contributed by atoms with Crippen molar-refractivity contribution < 1.29 is 35.5 Å². The summed E-state index contributed by atoms with van der Waals surface area (Å²) in [5.41, 5.74) is 0.671. The first kappa shape index (κ1) is 25.8. The van der Waals surface area contributed by atoms with Crippen LogP contribution in [0.3, 0.4) is 0 Å². The molecule has 3 heterocycles. The van der Waals surface area contributed by atoms with Gasteiger partial charge in [-0.2, -0.15) is 13.2 Å². The van der Waals surface area contributed by atoms with Crippen LogP contribution in [0.5, 0.6) is 5.75 Å². The van der Waals surface area contributed by atoms with Crippen LogP contribution in [0.15, 0.2) is 30.3 Å². The number of rotatable bonds is 7. The van der Waals surface area contributed by atoms with Crippen molar-refractivity contribution in [2.24, 2.45) is 5.92 Å². The Hall–Kier alpha value is -2.79. The second kappa shape index (κ2) is 9.83. The van der Waals surface area contributed by atoms with Crippen molar-refractivity contribution in [2.45, 2.75) is 31.6 Å². The Labute approximate surface area is 209 Å². The minimum Gasteiger partial charge on any atom is -0.492 e. The van der Waals surface area contributed by atoms with E-state index in [1.807, 2.05) is 4.90 Å². The molecule has 1 fully saturated rings. The normalized spacial score (nSPS) is 21.3. The van der Waals surface area contributed by atoms with Gasteiger partial charge < -0.3 is 9.72 Å². The smallest absolute Gasteiger partial charge is 0.401 e. The fourth-order valence-electron chi connectivity index (χ4n) is 5.45. The van der Waals surface area contributed by atoms with Crippen molar-refractivity contribution >= 4 is 10.9 Å². The minimum absolute atomic E-state index is 0.00211. The van der Waals surface area contributed by atoms with E-state index < -0.39 is 54.5 Å². The molecular weight excluding hydrogens is 503 g/mol. The van der Waals surface area contributed by atoms with E-state index in [-0.39, 0.29) is 30.4 Å². The summed E-state index contributed by atoms with van der Waals surface area (Å²) < 4.78 is 104. The Morgan fingerprint density at radius 2 is 1.76 bits per heavy atom. The Balaban J connectivity index is 1.48. The van der Waals surface area contributed by atoms with Crippen molar-refractivity contribution in [1.82, 2.24) is 14.8 Å². The van der Waals surface area contributed by atoms with E-state index in [9.17, 15) is 22.0 Å². The zero-order valence-electron chi connectivity index (χ0n) is 20.0. The van der Waals surface area contributed by atoms with Crippen LogP contribution < -0.4 is 4.74 Å². The molecule has 1 saturated heterocycles. The molecule has 2 aliphatic rings. The van der Waals surface area contributed by atoms with Crippen LogP contribution in [0.25, 0.3) is 10.9 Å². The monoisotopic (exact) mass is 529 g/mol. The molecule has 0 aliphatic carbocycles. The van der Waals surface area contributed by atoms with Crippen LogP contribution in [-0.4, -0.2) is 66.5 Å². The van der Waals surface area contributed by atoms with E-state index in [0.717, 1.165) is 17.0 Å². The van der Waals surface area contributed by atoms with Crippen molar-refractivity contribution in [3.8, 4) is 5.75 Å². The van der Waals surface area contributed by atoms with E-state index in [4.69, 9.17) is 4.74 Å². The van der Waals surface area contributed by atoms with Gasteiger partial charge in [0.25, 0.3) is 0 Å². The molecule has 0 amide bonds. The summed E-state index contributed by atoms with van der Waals surface area (Å²) in [5.74, 6) is -2.70. The molecule has 0 unspecified atom stereocenters. The number of hydrogen-bond donors (Lipinski definition) is 1. The number of hydrogen-bond acceptors (Lipinski definition) is 3. The maximum atomic E-state index is 15.4. The van der Waals surface area contributed by atoms with Crippen molar-refractivity contribution in [3.05, 3.63) is 64.6 Å². The highest BCUT2D eigenvalue weighted by atomic mass is 19.4. The molecule has 3 aromatic rings. The second-order valence-electron chi connectivity index (χ2n) is 9.88. The van der Waals surface area contributed by atoms with E-state index in [0.29, 0.717) is 36.1 Å². The van der Waals surface area contributed by atoms with Crippen LogP contribution in [0.1, 0.15) is 29.8 Å². The lowest BCUT2D eigenvalue weighted by molar-refractivity contribution is -0.155. The van der Waals surface area contributed by atoms with E-state index >= 15 is 8.78 Å². The average molecular weight is 530 g/mol. The van der Waals surface area contributed by atoms with Gasteiger partial charge in [-0.05, 0) is 37.1 Å². The number of nitrogens with one attached hydrogen (secondary N) is 1. The fraction of sp³-hybridized carbons (Fsp3) is 0.462. The number of H-pyrrole nitrogens is 1. The third kappa shape index (κ3) is 5.16. The molecule has 1 N–H and O–H groups in total. The number of halogens is 7. The molecule has 2 atom stereocenters. The molecule has 0 bridgehead atoms. The molecule has 0 radical (unpaired) electrons. The predicted octanol–water partition coefficient (Wildman–Crippen LogP) is 5.76. The first-order valence-electron chi connectivity index (χ1n) is 12.1. The number of fused-ring (bicyclic) bond motifs is 3. The topological polar surface area (TPSA) is 31.5 Å². The first-order chi connectivity index (χ1) is 17.5. The summed E-state index contributed by atoms with van der Waals surface area (Å²) >= 11 is 0. The molecule has 5 rings (SSSR count).